The molecule has 0 aliphatic rings. The van der Waals surface area contributed by atoms with E-state index in [0.29, 0.717) is 12.0 Å². The fourth-order valence-electron chi connectivity index (χ4n) is 2.62. The van der Waals surface area contributed by atoms with Crippen LogP contribution < -0.4 is 10.0 Å². The first kappa shape index (κ1) is 20.9. The molecule has 0 fully saturated rings. The van der Waals surface area contributed by atoms with Crippen LogP contribution in [0.3, 0.4) is 0 Å². The molecule has 1 unspecified atom stereocenters. The molecular formula is C19H23FN2O4S. The zero-order valence-corrected chi connectivity index (χ0v) is 16.0. The Balaban J connectivity index is 2.06. The van der Waals surface area contributed by atoms with E-state index in [4.69, 9.17) is 0 Å². The monoisotopic (exact) mass is 394 g/mol. The normalized spacial score (nSPS) is 13.6. The Hall–Kier alpha value is -2.45. The average molecular weight is 394 g/mol. The van der Waals surface area contributed by atoms with Crippen molar-refractivity contribution in [1.82, 2.24) is 5.32 Å². The third-order valence-corrected chi connectivity index (χ3v) is 4.66. The highest BCUT2D eigenvalue weighted by atomic mass is 32.2. The van der Waals surface area contributed by atoms with Crippen LogP contribution in [0.4, 0.5) is 10.1 Å². The topological polar surface area (TPSA) is 95.5 Å². The maximum Gasteiger partial charge on any atom is 0.229 e. The molecular weight excluding hydrogens is 371 g/mol. The Labute approximate surface area is 158 Å². The van der Waals surface area contributed by atoms with E-state index >= 15 is 0 Å². The minimum absolute atomic E-state index is 0.175. The van der Waals surface area contributed by atoms with Crippen LogP contribution in [-0.4, -0.2) is 38.3 Å². The number of carbonyl (C=O) groups excluding carboxylic acids is 1. The van der Waals surface area contributed by atoms with Crippen LogP contribution in [0.15, 0.2) is 48.5 Å². The van der Waals surface area contributed by atoms with Gasteiger partial charge in [-0.25, -0.2) is 12.8 Å². The number of nitrogens with one attached hydrogen (secondary N) is 2. The molecule has 0 radical (unpaired) electrons. The first-order chi connectivity index (χ1) is 12.7. The van der Waals surface area contributed by atoms with Gasteiger partial charge in [0.05, 0.1) is 30.5 Å². The number of halogens is 1. The molecule has 146 valence electrons. The molecule has 2 aromatic carbocycles. The summed E-state index contributed by atoms with van der Waals surface area (Å²) in [5.74, 6) is -1.79. The van der Waals surface area contributed by atoms with E-state index in [1.54, 1.807) is 6.92 Å². The first-order valence-corrected chi connectivity index (χ1v) is 10.3. The molecule has 0 saturated carbocycles. The third-order valence-electron chi connectivity index (χ3n) is 4.07. The molecule has 3 N–H and O–H groups in total. The van der Waals surface area contributed by atoms with Gasteiger partial charge in [0.25, 0.3) is 0 Å². The summed E-state index contributed by atoms with van der Waals surface area (Å²) in [5, 5.41) is 12.3. The van der Waals surface area contributed by atoms with Gasteiger partial charge in [-0.15, -0.1) is 0 Å². The molecule has 2 rings (SSSR count). The summed E-state index contributed by atoms with van der Waals surface area (Å²) in [6, 6.07) is 12.9. The van der Waals surface area contributed by atoms with Crippen molar-refractivity contribution in [2.24, 2.45) is 0 Å². The Morgan fingerprint density at radius 3 is 2.41 bits per heavy atom. The molecule has 0 aliphatic carbocycles. The van der Waals surface area contributed by atoms with E-state index in [0.717, 1.165) is 17.9 Å². The van der Waals surface area contributed by atoms with E-state index < -0.39 is 27.8 Å². The van der Waals surface area contributed by atoms with Crippen molar-refractivity contribution < 1.29 is 22.7 Å². The number of hydrogen-bond acceptors (Lipinski definition) is 4. The molecule has 8 heteroatoms. The molecule has 2 atom stereocenters. The molecule has 0 spiro atoms. The van der Waals surface area contributed by atoms with Crippen LogP contribution in [0.2, 0.25) is 0 Å². The predicted molar refractivity (Wildman–Crippen MR) is 102 cm³/mol. The van der Waals surface area contributed by atoms with E-state index in [1.807, 2.05) is 30.3 Å². The Bertz CT molecular complexity index is 888. The Kier molecular flexibility index (Phi) is 6.92. The van der Waals surface area contributed by atoms with Crippen LogP contribution in [0.1, 0.15) is 24.0 Å². The third kappa shape index (κ3) is 6.33. The van der Waals surface area contributed by atoms with Crippen molar-refractivity contribution in [3.63, 3.8) is 0 Å². The second-order valence-electron chi connectivity index (χ2n) is 6.41. The second kappa shape index (κ2) is 8.96. The van der Waals surface area contributed by atoms with Gasteiger partial charge in [0.2, 0.25) is 15.9 Å². The number of aliphatic hydroxyl groups excluding tert-OH is 1. The van der Waals surface area contributed by atoms with Gasteiger partial charge in [-0.05, 0) is 36.6 Å². The molecule has 27 heavy (non-hydrogen) atoms. The van der Waals surface area contributed by atoms with Crippen LogP contribution in [0, 0.1) is 5.82 Å². The van der Waals surface area contributed by atoms with Crippen molar-refractivity contribution in [1.29, 1.82) is 0 Å². The SMILES string of the molecule is C[C@@H](C(=O)NC(CO)Cc1ccccc1)c1ccc(NS(C)(=O)=O)c(F)c1. The van der Waals surface area contributed by atoms with Gasteiger partial charge < -0.3 is 10.4 Å². The Morgan fingerprint density at radius 2 is 1.85 bits per heavy atom. The van der Waals surface area contributed by atoms with Crippen LogP contribution >= 0.6 is 0 Å². The molecule has 2 aromatic rings. The lowest BCUT2D eigenvalue weighted by Gasteiger charge is -2.20. The van der Waals surface area contributed by atoms with Crippen molar-refractivity contribution in [2.45, 2.75) is 25.3 Å². The number of amides is 1. The number of sulfonamides is 1. The number of aliphatic hydroxyl groups is 1. The molecule has 0 saturated heterocycles. The lowest BCUT2D eigenvalue weighted by Crippen LogP contribution is -2.41. The summed E-state index contributed by atoms with van der Waals surface area (Å²) in [4.78, 5) is 12.5. The number of rotatable bonds is 8. The van der Waals surface area contributed by atoms with Gasteiger partial charge in [0.1, 0.15) is 5.82 Å². The van der Waals surface area contributed by atoms with Gasteiger partial charge in [0, 0.05) is 0 Å². The summed E-state index contributed by atoms with van der Waals surface area (Å²) >= 11 is 0. The summed E-state index contributed by atoms with van der Waals surface area (Å²) in [7, 11) is -3.60. The lowest BCUT2D eigenvalue weighted by molar-refractivity contribution is -0.123. The highest BCUT2D eigenvalue weighted by molar-refractivity contribution is 7.92. The number of benzene rings is 2. The van der Waals surface area contributed by atoms with E-state index in [-0.39, 0.29) is 18.2 Å². The molecule has 6 nitrogen and oxygen atoms in total. The van der Waals surface area contributed by atoms with Crippen LogP contribution in [-0.2, 0) is 21.2 Å². The number of carbonyl (C=O) groups is 1. The largest absolute Gasteiger partial charge is 0.394 e. The highest BCUT2D eigenvalue weighted by Crippen LogP contribution is 2.22. The molecule has 1 amide bonds. The van der Waals surface area contributed by atoms with Gasteiger partial charge in [-0.1, -0.05) is 36.4 Å². The zero-order valence-electron chi connectivity index (χ0n) is 15.1. The van der Waals surface area contributed by atoms with Gasteiger partial charge in [-0.3, -0.25) is 9.52 Å². The predicted octanol–water partition coefficient (Wildman–Crippen LogP) is 2.02. The van der Waals surface area contributed by atoms with Gasteiger partial charge in [-0.2, -0.15) is 0 Å². The fourth-order valence-corrected chi connectivity index (χ4v) is 3.19. The summed E-state index contributed by atoms with van der Waals surface area (Å²) < 4.78 is 38.6. The zero-order chi connectivity index (χ0) is 20.0. The minimum atomic E-state index is -3.60. The summed E-state index contributed by atoms with van der Waals surface area (Å²) in [6.45, 7) is 1.39. The first-order valence-electron chi connectivity index (χ1n) is 8.42. The van der Waals surface area contributed by atoms with Gasteiger partial charge >= 0.3 is 0 Å². The van der Waals surface area contributed by atoms with Crippen molar-refractivity contribution in [3.8, 4) is 0 Å². The van der Waals surface area contributed by atoms with Gasteiger partial charge in [0.15, 0.2) is 0 Å². The standard InChI is InChI=1S/C19H23FN2O4S/c1-13(15-8-9-18(17(20)11-15)22-27(2,25)26)19(24)21-16(12-23)10-14-6-4-3-5-7-14/h3-9,11,13,16,22-23H,10,12H2,1-2H3,(H,21,24)/t13-,16?/m1/s1. The maximum absolute atomic E-state index is 14.1. The van der Waals surface area contributed by atoms with E-state index in [9.17, 15) is 22.7 Å². The number of hydrogen-bond donors (Lipinski definition) is 3. The molecule has 0 heterocycles. The minimum Gasteiger partial charge on any atom is -0.394 e. The second-order valence-corrected chi connectivity index (χ2v) is 8.16. The molecule has 0 aliphatic heterocycles. The van der Waals surface area contributed by atoms with Crippen LogP contribution in [0.25, 0.3) is 0 Å². The summed E-state index contributed by atoms with van der Waals surface area (Å²) in [5.41, 5.74) is 1.21. The highest BCUT2D eigenvalue weighted by Gasteiger charge is 2.20. The Morgan fingerprint density at radius 1 is 1.19 bits per heavy atom. The van der Waals surface area contributed by atoms with E-state index in [1.165, 1.54) is 12.1 Å². The smallest absolute Gasteiger partial charge is 0.229 e. The molecule has 0 aromatic heterocycles. The van der Waals surface area contributed by atoms with Crippen molar-refractivity contribution in [2.75, 3.05) is 17.6 Å². The summed E-state index contributed by atoms with van der Waals surface area (Å²) in [6.07, 6.45) is 1.40. The van der Waals surface area contributed by atoms with Crippen molar-refractivity contribution in [3.05, 3.63) is 65.5 Å². The number of anilines is 1. The maximum atomic E-state index is 14.1. The van der Waals surface area contributed by atoms with E-state index in [2.05, 4.69) is 10.0 Å². The quantitative estimate of drug-likeness (QED) is 0.638. The van der Waals surface area contributed by atoms with Crippen LogP contribution in [0.5, 0.6) is 0 Å². The average Bonchev–Trinajstić information content (AvgIpc) is 2.62. The lowest BCUT2D eigenvalue weighted by atomic mass is 9.98. The fraction of sp³-hybridized carbons (Fsp3) is 0.316. The molecule has 0 bridgehead atoms. The van der Waals surface area contributed by atoms with Crippen molar-refractivity contribution >= 4 is 21.6 Å².